The Morgan fingerprint density at radius 1 is 1.11 bits per heavy atom. The molecule has 3 N–H and O–H groups in total. The average molecular weight is 530 g/mol. The van der Waals surface area contributed by atoms with Crippen molar-refractivity contribution in [2.24, 2.45) is 4.99 Å². The lowest BCUT2D eigenvalue weighted by Gasteiger charge is -2.33. The standard InChI is InChI=1S/C24H24ClF4N3O4/c1-4-36-24(35)21-19(10-32(11(2)33)12(3)34)30-23(20-17(28)8-14(27)9-18(20)29)31-22(21)15-6-5-13(26)7-16(15)25/h5-9,11-12,22,33-34H,4,10H2,1-3H3,(H,30,31). The van der Waals surface area contributed by atoms with Gasteiger partial charge in [0.2, 0.25) is 0 Å². The lowest BCUT2D eigenvalue weighted by Crippen LogP contribution is -2.46. The summed E-state index contributed by atoms with van der Waals surface area (Å²) in [5, 5.41) is 22.8. The Morgan fingerprint density at radius 3 is 2.25 bits per heavy atom. The highest BCUT2D eigenvalue weighted by Gasteiger charge is 2.36. The normalized spacial score (nSPS) is 17.5. The van der Waals surface area contributed by atoms with E-state index in [1.165, 1.54) is 19.9 Å². The van der Waals surface area contributed by atoms with Gasteiger partial charge < -0.3 is 20.3 Å². The maximum absolute atomic E-state index is 14.7. The first kappa shape index (κ1) is 27.6. The van der Waals surface area contributed by atoms with Gasteiger partial charge in [0.25, 0.3) is 0 Å². The molecule has 0 bridgehead atoms. The van der Waals surface area contributed by atoms with Crippen LogP contribution in [0.2, 0.25) is 5.02 Å². The fourth-order valence-corrected chi connectivity index (χ4v) is 4.04. The van der Waals surface area contributed by atoms with Crippen molar-refractivity contribution in [2.45, 2.75) is 39.3 Å². The third-order valence-corrected chi connectivity index (χ3v) is 5.75. The third-order valence-electron chi connectivity index (χ3n) is 5.42. The monoisotopic (exact) mass is 529 g/mol. The second-order valence-corrected chi connectivity index (χ2v) is 8.37. The van der Waals surface area contributed by atoms with Gasteiger partial charge in [0.05, 0.1) is 17.7 Å². The molecule has 3 atom stereocenters. The van der Waals surface area contributed by atoms with Crippen molar-refractivity contribution in [1.29, 1.82) is 0 Å². The van der Waals surface area contributed by atoms with Gasteiger partial charge in [-0.3, -0.25) is 4.99 Å². The molecule has 0 aromatic heterocycles. The minimum Gasteiger partial charge on any atom is -0.463 e. The first-order chi connectivity index (χ1) is 16.9. The molecule has 3 unspecified atom stereocenters. The van der Waals surface area contributed by atoms with Crippen molar-refractivity contribution in [2.75, 3.05) is 13.2 Å². The van der Waals surface area contributed by atoms with Gasteiger partial charge in [0.1, 0.15) is 47.6 Å². The van der Waals surface area contributed by atoms with Crippen LogP contribution in [0, 0.1) is 23.3 Å². The molecule has 0 radical (unpaired) electrons. The molecule has 194 valence electrons. The number of aliphatic imine (C=N–C) groups is 1. The van der Waals surface area contributed by atoms with Crippen molar-refractivity contribution in [3.8, 4) is 0 Å². The molecule has 0 fully saturated rings. The number of nitrogens with zero attached hydrogens (tertiary/aromatic N) is 2. The van der Waals surface area contributed by atoms with Gasteiger partial charge in [-0.1, -0.05) is 17.7 Å². The number of amidine groups is 1. The van der Waals surface area contributed by atoms with E-state index in [0.29, 0.717) is 12.1 Å². The van der Waals surface area contributed by atoms with E-state index in [0.717, 1.165) is 17.0 Å². The molecule has 1 aliphatic rings. The van der Waals surface area contributed by atoms with Gasteiger partial charge in [0, 0.05) is 35.0 Å². The minimum atomic E-state index is -1.34. The average Bonchev–Trinajstić information content (AvgIpc) is 2.76. The number of esters is 1. The molecule has 1 aliphatic heterocycles. The Morgan fingerprint density at radius 2 is 1.72 bits per heavy atom. The zero-order valence-corrected chi connectivity index (χ0v) is 20.3. The van der Waals surface area contributed by atoms with Crippen molar-refractivity contribution in [1.82, 2.24) is 10.2 Å². The Kier molecular flexibility index (Phi) is 8.72. The number of aliphatic hydroxyl groups excluding tert-OH is 2. The van der Waals surface area contributed by atoms with E-state index in [2.05, 4.69) is 10.3 Å². The van der Waals surface area contributed by atoms with Crippen LogP contribution in [-0.4, -0.2) is 52.5 Å². The van der Waals surface area contributed by atoms with Gasteiger partial charge in [-0.15, -0.1) is 0 Å². The fraction of sp³-hybridized carbons (Fsp3) is 0.333. The van der Waals surface area contributed by atoms with Gasteiger partial charge in [-0.25, -0.2) is 27.3 Å². The molecule has 0 spiro atoms. The van der Waals surface area contributed by atoms with E-state index in [1.54, 1.807) is 6.92 Å². The summed E-state index contributed by atoms with van der Waals surface area (Å²) in [4.78, 5) is 18.5. The molecule has 12 heteroatoms. The van der Waals surface area contributed by atoms with Crippen molar-refractivity contribution in [3.05, 3.63) is 81.0 Å². The highest BCUT2D eigenvalue weighted by atomic mass is 35.5. The number of aliphatic hydroxyl groups is 2. The van der Waals surface area contributed by atoms with Crippen LogP contribution in [0.4, 0.5) is 17.6 Å². The summed E-state index contributed by atoms with van der Waals surface area (Å²) in [6.07, 6.45) is -2.42. The lowest BCUT2D eigenvalue weighted by molar-refractivity contribution is -0.139. The Bertz CT molecular complexity index is 1190. The number of hydrogen-bond donors (Lipinski definition) is 3. The van der Waals surface area contributed by atoms with E-state index >= 15 is 0 Å². The van der Waals surface area contributed by atoms with Crippen LogP contribution in [0.3, 0.4) is 0 Å². The second-order valence-electron chi connectivity index (χ2n) is 7.96. The van der Waals surface area contributed by atoms with Crippen LogP contribution in [0.1, 0.15) is 37.9 Å². The SMILES string of the molecule is CCOC(=O)C1=C(CN(C(C)O)C(C)O)NC(c2c(F)cc(F)cc2F)=NC1c1ccc(F)cc1Cl. The molecule has 3 rings (SSSR count). The molecule has 2 aromatic rings. The summed E-state index contributed by atoms with van der Waals surface area (Å²) in [5.74, 6) is -5.66. The Labute approximate surface area is 209 Å². The number of carbonyl (C=O) groups is 1. The topological polar surface area (TPSA) is 94.4 Å². The molecular weight excluding hydrogens is 506 g/mol. The summed E-state index contributed by atoms with van der Waals surface area (Å²) < 4.78 is 61.9. The molecule has 0 amide bonds. The third kappa shape index (κ3) is 5.86. The van der Waals surface area contributed by atoms with Crippen LogP contribution in [-0.2, 0) is 9.53 Å². The van der Waals surface area contributed by atoms with Gasteiger partial charge in [-0.2, -0.15) is 0 Å². The summed E-state index contributed by atoms with van der Waals surface area (Å²) in [5.41, 5.74) is -0.793. The number of nitrogens with one attached hydrogen (secondary N) is 1. The van der Waals surface area contributed by atoms with Gasteiger partial charge >= 0.3 is 5.97 Å². The molecule has 7 nitrogen and oxygen atoms in total. The predicted molar refractivity (Wildman–Crippen MR) is 124 cm³/mol. The van der Waals surface area contributed by atoms with E-state index in [9.17, 15) is 32.6 Å². The summed E-state index contributed by atoms with van der Waals surface area (Å²) >= 11 is 6.25. The molecule has 0 aliphatic carbocycles. The Hall–Kier alpha value is -2.99. The summed E-state index contributed by atoms with van der Waals surface area (Å²) in [6.45, 7) is 3.92. The van der Waals surface area contributed by atoms with Crippen molar-refractivity contribution in [3.63, 3.8) is 0 Å². The zero-order chi connectivity index (χ0) is 26.7. The van der Waals surface area contributed by atoms with Crippen molar-refractivity contribution < 1.29 is 37.3 Å². The van der Waals surface area contributed by atoms with E-state index in [4.69, 9.17) is 16.3 Å². The van der Waals surface area contributed by atoms with Crippen LogP contribution < -0.4 is 5.32 Å². The summed E-state index contributed by atoms with van der Waals surface area (Å²) in [6, 6.07) is 2.89. The number of rotatable bonds is 8. The summed E-state index contributed by atoms with van der Waals surface area (Å²) in [7, 11) is 0. The molecule has 0 saturated carbocycles. The quantitative estimate of drug-likeness (QED) is 0.274. The zero-order valence-electron chi connectivity index (χ0n) is 19.5. The number of ether oxygens (including phenoxy) is 1. The molecule has 36 heavy (non-hydrogen) atoms. The number of benzene rings is 2. The largest absolute Gasteiger partial charge is 0.463 e. The first-order valence-electron chi connectivity index (χ1n) is 10.9. The van der Waals surface area contributed by atoms with E-state index in [1.807, 2.05) is 0 Å². The maximum Gasteiger partial charge on any atom is 0.338 e. The minimum absolute atomic E-state index is 0.0335. The fourth-order valence-electron chi connectivity index (χ4n) is 3.77. The molecule has 2 aromatic carbocycles. The van der Waals surface area contributed by atoms with Gasteiger partial charge in [-0.05, 0) is 32.9 Å². The lowest BCUT2D eigenvalue weighted by atomic mass is 9.94. The highest BCUT2D eigenvalue weighted by molar-refractivity contribution is 6.31. The number of halogens is 5. The van der Waals surface area contributed by atoms with E-state index in [-0.39, 0.29) is 35.0 Å². The van der Waals surface area contributed by atoms with Crippen LogP contribution in [0.5, 0.6) is 0 Å². The first-order valence-corrected chi connectivity index (χ1v) is 11.3. The van der Waals surface area contributed by atoms with Crippen molar-refractivity contribution >= 4 is 23.4 Å². The number of hydrogen-bond acceptors (Lipinski definition) is 7. The molecule has 0 saturated heterocycles. The smallest absolute Gasteiger partial charge is 0.338 e. The second kappa shape index (κ2) is 11.4. The van der Waals surface area contributed by atoms with Gasteiger partial charge in [0.15, 0.2) is 0 Å². The van der Waals surface area contributed by atoms with E-state index < -0.39 is 59.1 Å². The number of carbonyl (C=O) groups excluding carboxylic acids is 1. The molecule has 1 heterocycles. The van der Waals surface area contributed by atoms with Crippen LogP contribution in [0.15, 0.2) is 46.6 Å². The highest BCUT2D eigenvalue weighted by Crippen LogP contribution is 2.37. The maximum atomic E-state index is 14.7. The predicted octanol–water partition coefficient (Wildman–Crippen LogP) is 3.78. The van der Waals surface area contributed by atoms with Crippen LogP contribution >= 0.6 is 11.6 Å². The Balaban J connectivity index is 2.29. The molecular formula is C24H24ClF4N3O4. The van der Waals surface area contributed by atoms with Crippen LogP contribution in [0.25, 0.3) is 0 Å².